The van der Waals surface area contributed by atoms with E-state index in [1.54, 1.807) is 0 Å². The monoisotopic (exact) mass is 698 g/mol. The molecule has 2 bridgehead atoms. The molecule has 0 radical (unpaired) electrons. The summed E-state index contributed by atoms with van der Waals surface area (Å²) in [6.07, 6.45) is 4.27. The average molecular weight is 699 g/mol. The van der Waals surface area contributed by atoms with Crippen LogP contribution in [0.2, 0.25) is 5.02 Å². The smallest absolute Gasteiger partial charge is 0.252 e. The molecule has 1 saturated heterocycles. The number of benzene rings is 3. The minimum atomic E-state index is -0.405. The summed E-state index contributed by atoms with van der Waals surface area (Å²) >= 11 is 6.36. The SMILES string of the molecule is Cc1cc(Cl)c(OCCOc2ccc(C3=C(C(=O)N(CCc4ccccc4)C4CC4)[C@H]4CN(C(=O)CCCC(N)=O)C[C@@H](C3)N4)cc2)cc1C. The third-order valence-corrected chi connectivity index (χ3v) is 10.2. The Balaban J connectivity index is 1.20. The molecule has 264 valence electrons. The maximum atomic E-state index is 14.7. The van der Waals surface area contributed by atoms with Crippen molar-refractivity contribution in [2.75, 3.05) is 32.8 Å². The number of aryl methyl sites for hydroxylation is 2. The fourth-order valence-electron chi connectivity index (χ4n) is 6.96. The molecule has 50 heavy (non-hydrogen) atoms. The van der Waals surface area contributed by atoms with Gasteiger partial charge < -0.3 is 30.3 Å². The van der Waals surface area contributed by atoms with Crippen molar-refractivity contribution in [3.8, 4) is 11.5 Å². The topological polar surface area (TPSA) is 114 Å². The molecule has 1 aliphatic carbocycles. The molecule has 2 heterocycles. The number of rotatable bonds is 15. The van der Waals surface area contributed by atoms with Gasteiger partial charge in [-0.05, 0) is 98.0 Å². The average Bonchev–Trinajstić information content (AvgIpc) is 3.94. The highest BCUT2D eigenvalue weighted by Crippen LogP contribution is 2.37. The van der Waals surface area contributed by atoms with Crippen LogP contribution in [0, 0.1) is 13.8 Å². The van der Waals surface area contributed by atoms with Crippen LogP contribution in [0.5, 0.6) is 11.5 Å². The summed E-state index contributed by atoms with van der Waals surface area (Å²) in [7, 11) is 0. The molecule has 2 aliphatic heterocycles. The van der Waals surface area contributed by atoms with E-state index in [0.29, 0.717) is 62.2 Å². The van der Waals surface area contributed by atoms with Gasteiger partial charge in [0, 0.05) is 50.1 Å². The predicted molar refractivity (Wildman–Crippen MR) is 195 cm³/mol. The first-order valence-electron chi connectivity index (χ1n) is 17.7. The number of halogens is 1. The minimum absolute atomic E-state index is 0.00407. The molecule has 3 aromatic rings. The first-order chi connectivity index (χ1) is 24.2. The summed E-state index contributed by atoms with van der Waals surface area (Å²) in [5.41, 5.74) is 11.5. The first kappa shape index (κ1) is 35.5. The summed E-state index contributed by atoms with van der Waals surface area (Å²) in [6.45, 7) is 6.33. The van der Waals surface area contributed by atoms with E-state index in [1.165, 1.54) is 5.56 Å². The Kier molecular flexibility index (Phi) is 11.4. The number of hydrogen-bond donors (Lipinski definition) is 2. The van der Waals surface area contributed by atoms with Crippen LogP contribution in [0.3, 0.4) is 0 Å². The van der Waals surface area contributed by atoms with Crippen LogP contribution in [0.25, 0.3) is 5.57 Å². The van der Waals surface area contributed by atoms with E-state index in [9.17, 15) is 14.4 Å². The van der Waals surface area contributed by atoms with Gasteiger partial charge in [-0.1, -0.05) is 54.1 Å². The number of nitrogens with two attached hydrogens (primary N) is 1. The maximum Gasteiger partial charge on any atom is 0.252 e. The predicted octanol–water partition coefficient (Wildman–Crippen LogP) is 5.63. The molecular weight excluding hydrogens is 652 g/mol. The molecule has 0 spiro atoms. The summed E-state index contributed by atoms with van der Waals surface area (Å²) in [6, 6.07) is 22.0. The zero-order valence-electron chi connectivity index (χ0n) is 29.0. The van der Waals surface area contributed by atoms with E-state index in [0.717, 1.165) is 47.1 Å². The summed E-state index contributed by atoms with van der Waals surface area (Å²) in [5.74, 6) is 0.981. The number of fused-ring (bicyclic) bond motifs is 2. The van der Waals surface area contributed by atoms with Gasteiger partial charge in [0.15, 0.2) is 0 Å². The van der Waals surface area contributed by atoms with Gasteiger partial charge in [0.05, 0.1) is 11.1 Å². The van der Waals surface area contributed by atoms with Crippen LogP contribution < -0.4 is 20.5 Å². The van der Waals surface area contributed by atoms with Crippen molar-refractivity contribution in [2.45, 2.75) is 76.9 Å². The molecule has 6 rings (SSSR count). The van der Waals surface area contributed by atoms with E-state index in [4.69, 9.17) is 26.8 Å². The van der Waals surface area contributed by atoms with Crippen molar-refractivity contribution in [3.63, 3.8) is 0 Å². The van der Waals surface area contributed by atoms with Crippen LogP contribution in [-0.2, 0) is 20.8 Å². The van der Waals surface area contributed by atoms with Crippen LogP contribution in [0.1, 0.15) is 60.8 Å². The van der Waals surface area contributed by atoms with E-state index >= 15 is 0 Å². The molecule has 1 saturated carbocycles. The Bertz CT molecular complexity index is 1720. The second kappa shape index (κ2) is 16.1. The standard InChI is InChI=1S/C40H47ClN4O5/c1-26-21-34(41)36(22-27(26)2)50-20-19-49-32-15-11-29(12-16-32)33-23-30-24-44(38(47)10-6-9-37(42)46)25-35(43-30)39(33)40(48)45(31-13-14-31)18-17-28-7-4-3-5-8-28/h3-5,7-8,11-12,15-16,21-22,30-31,35,43H,6,9-10,13-14,17-20,23-25H2,1-2H3,(H2,42,46)/t30-,35-/m1/s1. The van der Waals surface area contributed by atoms with Crippen molar-refractivity contribution in [2.24, 2.45) is 5.73 Å². The zero-order valence-corrected chi connectivity index (χ0v) is 29.7. The lowest BCUT2D eigenvalue weighted by Crippen LogP contribution is -2.62. The van der Waals surface area contributed by atoms with Gasteiger partial charge in [0.1, 0.15) is 24.7 Å². The van der Waals surface area contributed by atoms with Crippen LogP contribution in [0.4, 0.5) is 0 Å². The summed E-state index contributed by atoms with van der Waals surface area (Å²) in [5, 5.41) is 4.26. The first-order valence-corrected chi connectivity index (χ1v) is 18.1. The van der Waals surface area contributed by atoms with Gasteiger partial charge >= 0.3 is 0 Å². The largest absolute Gasteiger partial charge is 0.490 e. The van der Waals surface area contributed by atoms with Gasteiger partial charge in [0.25, 0.3) is 5.91 Å². The summed E-state index contributed by atoms with van der Waals surface area (Å²) in [4.78, 5) is 43.1. The zero-order chi connectivity index (χ0) is 35.2. The number of hydrogen-bond acceptors (Lipinski definition) is 6. The van der Waals surface area contributed by atoms with Gasteiger partial charge in [0.2, 0.25) is 11.8 Å². The Labute approximate surface area is 299 Å². The van der Waals surface area contributed by atoms with Crippen molar-refractivity contribution >= 4 is 34.9 Å². The van der Waals surface area contributed by atoms with Gasteiger partial charge in [-0.25, -0.2) is 0 Å². The van der Waals surface area contributed by atoms with Crippen molar-refractivity contribution in [3.05, 3.63) is 99.6 Å². The lowest BCUT2D eigenvalue weighted by atomic mass is 9.82. The highest BCUT2D eigenvalue weighted by molar-refractivity contribution is 6.32. The van der Waals surface area contributed by atoms with Gasteiger partial charge in [-0.15, -0.1) is 0 Å². The van der Waals surface area contributed by atoms with Crippen LogP contribution in [0.15, 0.2) is 72.3 Å². The molecule has 9 nitrogen and oxygen atoms in total. The molecular formula is C40H47ClN4O5. The molecule has 0 unspecified atom stereocenters. The Morgan fingerprint density at radius 2 is 1.66 bits per heavy atom. The molecule has 2 fully saturated rings. The molecule has 3 aromatic carbocycles. The number of nitrogens with one attached hydrogen (secondary N) is 1. The van der Waals surface area contributed by atoms with Crippen molar-refractivity contribution in [1.29, 1.82) is 0 Å². The number of carbonyl (C=O) groups excluding carboxylic acids is 3. The molecule has 2 atom stereocenters. The number of primary amides is 1. The minimum Gasteiger partial charge on any atom is -0.490 e. The van der Waals surface area contributed by atoms with Gasteiger partial charge in [-0.3, -0.25) is 14.4 Å². The second-order valence-electron chi connectivity index (χ2n) is 13.7. The highest BCUT2D eigenvalue weighted by Gasteiger charge is 2.43. The van der Waals surface area contributed by atoms with Crippen molar-refractivity contribution in [1.82, 2.24) is 15.1 Å². The normalized spacial score (nSPS) is 18.5. The molecule has 3 amide bonds. The molecule has 3 N–H and O–H groups in total. The van der Waals surface area contributed by atoms with Gasteiger partial charge in [-0.2, -0.15) is 0 Å². The lowest BCUT2D eigenvalue weighted by molar-refractivity contribution is -0.134. The maximum absolute atomic E-state index is 14.7. The third-order valence-electron chi connectivity index (χ3n) is 9.90. The van der Waals surface area contributed by atoms with E-state index in [-0.39, 0.29) is 42.8 Å². The van der Waals surface area contributed by atoms with E-state index < -0.39 is 5.91 Å². The fourth-order valence-corrected chi connectivity index (χ4v) is 7.23. The van der Waals surface area contributed by atoms with E-state index in [1.807, 2.05) is 73.3 Å². The molecule has 3 aliphatic rings. The molecule has 10 heteroatoms. The van der Waals surface area contributed by atoms with E-state index in [2.05, 4.69) is 22.3 Å². The lowest BCUT2D eigenvalue weighted by Gasteiger charge is -2.45. The van der Waals surface area contributed by atoms with Crippen LogP contribution >= 0.6 is 11.6 Å². The Morgan fingerprint density at radius 1 is 0.940 bits per heavy atom. The fraction of sp³-hybridized carbons (Fsp3) is 0.425. The Hall–Kier alpha value is -4.34. The number of nitrogens with zero attached hydrogens (tertiary/aromatic N) is 2. The van der Waals surface area contributed by atoms with Crippen molar-refractivity contribution < 1.29 is 23.9 Å². The second-order valence-corrected chi connectivity index (χ2v) is 14.1. The van der Waals surface area contributed by atoms with Crippen LogP contribution in [-0.4, -0.2) is 78.5 Å². The number of amides is 3. The summed E-state index contributed by atoms with van der Waals surface area (Å²) < 4.78 is 11.9. The number of piperazine rings is 1. The number of ether oxygens (including phenoxy) is 2. The quantitative estimate of drug-likeness (QED) is 0.199. The Morgan fingerprint density at radius 3 is 2.38 bits per heavy atom. The molecule has 0 aromatic heterocycles. The highest BCUT2D eigenvalue weighted by atomic mass is 35.5. The third kappa shape index (κ3) is 8.87. The number of carbonyl (C=O) groups is 3.